The molecule has 0 aliphatic rings. The zero-order valence-corrected chi connectivity index (χ0v) is 12.2. The second-order valence-corrected chi connectivity index (χ2v) is 5.05. The quantitative estimate of drug-likeness (QED) is 0.942. The molecule has 1 amide bonds. The lowest BCUT2D eigenvalue weighted by Crippen LogP contribution is -2.24. The molecule has 0 aliphatic carbocycles. The van der Waals surface area contributed by atoms with E-state index in [0.717, 1.165) is 11.3 Å². The van der Waals surface area contributed by atoms with Crippen molar-refractivity contribution in [3.63, 3.8) is 0 Å². The molecule has 0 fully saturated rings. The van der Waals surface area contributed by atoms with Gasteiger partial charge in [-0.05, 0) is 35.0 Å². The number of nitrogens with one attached hydrogen (secondary N) is 1. The number of hydrogen-bond acceptors (Lipinski definition) is 2. The van der Waals surface area contributed by atoms with Crippen LogP contribution in [0.4, 0.5) is 4.39 Å². The molecular weight excluding hydrogens is 313 g/mol. The lowest BCUT2D eigenvalue weighted by molar-refractivity contribution is 0.0946. The van der Waals surface area contributed by atoms with Crippen LogP contribution in [0.5, 0.6) is 0 Å². The molecule has 0 spiro atoms. The van der Waals surface area contributed by atoms with Crippen LogP contribution in [0, 0.1) is 12.7 Å². The Labute approximate surface area is 118 Å². The average molecular weight is 326 g/mol. The molecule has 2 rings (SSSR count). The number of aryl methyl sites for hydroxylation is 2. The molecule has 1 N–H and O–H groups in total. The Morgan fingerprint density at radius 3 is 2.84 bits per heavy atom. The van der Waals surface area contributed by atoms with Crippen LogP contribution >= 0.6 is 15.9 Å². The number of benzene rings is 1. The van der Waals surface area contributed by atoms with Gasteiger partial charge in [0, 0.05) is 29.8 Å². The summed E-state index contributed by atoms with van der Waals surface area (Å²) in [6.45, 7) is 2.18. The molecule has 0 unspecified atom stereocenters. The minimum atomic E-state index is -0.546. The zero-order valence-electron chi connectivity index (χ0n) is 10.6. The van der Waals surface area contributed by atoms with Gasteiger partial charge in [0.25, 0.3) is 5.91 Å². The SMILES string of the molecule is Cc1nn(C)cc1CNC(=O)c1c(F)cccc1Br. The van der Waals surface area contributed by atoms with Gasteiger partial charge in [0.1, 0.15) is 5.82 Å². The predicted molar refractivity (Wildman–Crippen MR) is 73.2 cm³/mol. The highest BCUT2D eigenvalue weighted by Crippen LogP contribution is 2.19. The lowest BCUT2D eigenvalue weighted by atomic mass is 10.2. The van der Waals surface area contributed by atoms with E-state index in [-0.39, 0.29) is 5.56 Å². The number of aromatic nitrogens is 2. The van der Waals surface area contributed by atoms with Crippen molar-refractivity contribution in [1.29, 1.82) is 0 Å². The summed E-state index contributed by atoms with van der Waals surface area (Å²) < 4.78 is 15.7. The van der Waals surface area contributed by atoms with Crippen LogP contribution in [-0.4, -0.2) is 15.7 Å². The number of carbonyl (C=O) groups excluding carboxylic acids is 1. The molecule has 2 aromatic rings. The van der Waals surface area contributed by atoms with Gasteiger partial charge in [-0.15, -0.1) is 0 Å². The number of hydrogen-bond donors (Lipinski definition) is 1. The van der Waals surface area contributed by atoms with Gasteiger partial charge in [-0.25, -0.2) is 4.39 Å². The van der Waals surface area contributed by atoms with Crippen LogP contribution in [-0.2, 0) is 13.6 Å². The monoisotopic (exact) mass is 325 g/mol. The minimum Gasteiger partial charge on any atom is -0.348 e. The normalized spacial score (nSPS) is 10.5. The van der Waals surface area contributed by atoms with Gasteiger partial charge in [-0.1, -0.05) is 6.07 Å². The van der Waals surface area contributed by atoms with E-state index in [1.54, 1.807) is 16.8 Å². The van der Waals surface area contributed by atoms with Crippen molar-refractivity contribution in [2.45, 2.75) is 13.5 Å². The molecule has 0 bridgehead atoms. The van der Waals surface area contributed by atoms with E-state index in [2.05, 4.69) is 26.3 Å². The van der Waals surface area contributed by atoms with Crippen molar-refractivity contribution < 1.29 is 9.18 Å². The third-order valence-electron chi connectivity index (χ3n) is 2.74. The van der Waals surface area contributed by atoms with Crippen LogP contribution in [0.1, 0.15) is 21.6 Å². The Kier molecular flexibility index (Phi) is 3.99. The van der Waals surface area contributed by atoms with Crippen LogP contribution in [0.3, 0.4) is 0 Å². The Morgan fingerprint density at radius 2 is 2.26 bits per heavy atom. The summed E-state index contributed by atoms with van der Waals surface area (Å²) in [4.78, 5) is 12.0. The Bertz CT molecular complexity index is 604. The zero-order chi connectivity index (χ0) is 14.0. The molecule has 0 saturated heterocycles. The number of nitrogens with zero attached hydrogens (tertiary/aromatic N) is 2. The van der Waals surface area contributed by atoms with Crippen LogP contribution in [0.15, 0.2) is 28.9 Å². The molecule has 1 aromatic carbocycles. The molecule has 0 saturated carbocycles. The van der Waals surface area contributed by atoms with E-state index in [9.17, 15) is 9.18 Å². The Hall–Kier alpha value is -1.69. The second kappa shape index (κ2) is 5.52. The highest BCUT2D eigenvalue weighted by molar-refractivity contribution is 9.10. The smallest absolute Gasteiger partial charge is 0.255 e. The topological polar surface area (TPSA) is 46.9 Å². The van der Waals surface area contributed by atoms with Crippen molar-refractivity contribution in [3.8, 4) is 0 Å². The first-order chi connectivity index (χ1) is 8.99. The molecule has 4 nitrogen and oxygen atoms in total. The van der Waals surface area contributed by atoms with Crippen LogP contribution in [0.2, 0.25) is 0 Å². The van der Waals surface area contributed by atoms with Gasteiger partial charge in [0.2, 0.25) is 0 Å². The van der Waals surface area contributed by atoms with Crippen LogP contribution < -0.4 is 5.32 Å². The Morgan fingerprint density at radius 1 is 1.53 bits per heavy atom. The van der Waals surface area contributed by atoms with Gasteiger partial charge in [-0.2, -0.15) is 5.10 Å². The summed E-state index contributed by atoms with van der Waals surface area (Å²) in [5.74, 6) is -0.997. The molecular formula is C13H13BrFN3O. The summed E-state index contributed by atoms with van der Waals surface area (Å²) in [6.07, 6.45) is 1.83. The highest BCUT2D eigenvalue weighted by Gasteiger charge is 2.15. The Balaban J connectivity index is 2.12. The highest BCUT2D eigenvalue weighted by atomic mass is 79.9. The van der Waals surface area contributed by atoms with E-state index < -0.39 is 11.7 Å². The van der Waals surface area contributed by atoms with E-state index in [1.165, 1.54) is 6.07 Å². The van der Waals surface area contributed by atoms with Gasteiger partial charge in [-0.3, -0.25) is 9.48 Å². The summed E-state index contributed by atoms with van der Waals surface area (Å²) in [5, 5.41) is 6.87. The fraction of sp³-hybridized carbons (Fsp3) is 0.231. The predicted octanol–water partition coefficient (Wildman–Crippen LogP) is 2.56. The van der Waals surface area contributed by atoms with E-state index in [1.807, 2.05) is 20.2 Å². The maximum absolute atomic E-state index is 13.6. The maximum Gasteiger partial charge on any atom is 0.255 e. The third kappa shape index (κ3) is 3.01. The summed E-state index contributed by atoms with van der Waals surface area (Å²) in [6, 6.07) is 4.43. The molecule has 0 aliphatic heterocycles. The van der Waals surface area contributed by atoms with Crippen molar-refractivity contribution in [1.82, 2.24) is 15.1 Å². The van der Waals surface area contributed by atoms with Gasteiger partial charge in [0.05, 0.1) is 11.3 Å². The molecule has 100 valence electrons. The second-order valence-electron chi connectivity index (χ2n) is 4.19. The molecule has 1 heterocycles. The molecule has 0 radical (unpaired) electrons. The van der Waals surface area contributed by atoms with E-state index in [4.69, 9.17) is 0 Å². The van der Waals surface area contributed by atoms with Crippen LogP contribution in [0.25, 0.3) is 0 Å². The number of carbonyl (C=O) groups is 1. The van der Waals surface area contributed by atoms with E-state index in [0.29, 0.717) is 11.0 Å². The number of halogens is 2. The summed E-state index contributed by atoms with van der Waals surface area (Å²) in [5.41, 5.74) is 1.77. The van der Waals surface area contributed by atoms with Crippen molar-refractivity contribution >= 4 is 21.8 Å². The van der Waals surface area contributed by atoms with Crippen molar-refractivity contribution in [2.24, 2.45) is 7.05 Å². The number of amides is 1. The molecule has 1 aromatic heterocycles. The fourth-order valence-electron chi connectivity index (χ4n) is 1.80. The van der Waals surface area contributed by atoms with Crippen molar-refractivity contribution in [3.05, 3.63) is 51.5 Å². The largest absolute Gasteiger partial charge is 0.348 e. The fourth-order valence-corrected chi connectivity index (χ4v) is 2.32. The summed E-state index contributed by atoms with van der Waals surface area (Å²) in [7, 11) is 1.81. The maximum atomic E-state index is 13.6. The first kappa shape index (κ1) is 13.7. The first-order valence-corrected chi connectivity index (χ1v) is 6.49. The third-order valence-corrected chi connectivity index (χ3v) is 3.41. The summed E-state index contributed by atoms with van der Waals surface area (Å²) >= 11 is 3.18. The van der Waals surface area contributed by atoms with Crippen molar-refractivity contribution in [2.75, 3.05) is 0 Å². The van der Waals surface area contributed by atoms with E-state index >= 15 is 0 Å². The molecule has 6 heteroatoms. The standard InChI is InChI=1S/C13H13BrFN3O/c1-8-9(7-18(2)17-8)6-16-13(19)12-10(14)4-3-5-11(12)15/h3-5,7H,6H2,1-2H3,(H,16,19). The minimum absolute atomic E-state index is 0.0176. The average Bonchev–Trinajstić information content (AvgIpc) is 2.65. The molecule has 19 heavy (non-hydrogen) atoms. The van der Waals surface area contributed by atoms with Gasteiger partial charge < -0.3 is 5.32 Å². The number of rotatable bonds is 3. The van der Waals surface area contributed by atoms with Gasteiger partial charge in [0.15, 0.2) is 0 Å². The lowest BCUT2D eigenvalue weighted by Gasteiger charge is -2.07. The molecule has 0 atom stereocenters. The van der Waals surface area contributed by atoms with Gasteiger partial charge >= 0.3 is 0 Å². The first-order valence-electron chi connectivity index (χ1n) is 5.70.